The summed E-state index contributed by atoms with van der Waals surface area (Å²) in [6, 6.07) is 12.3. The van der Waals surface area contributed by atoms with Crippen molar-refractivity contribution in [3.8, 4) is 11.5 Å². The molecule has 0 N–H and O–H groups in total. The molecule has 0 fully saturated rings. The van der Waals surface area contributed by atoms with Crippen molar-refractivity contribution in [2.75, 3.05) is 20.3 Å². The number of esters is 1. The number of thiol groups is 1. The molecule has 2 rings (SSSR count). The second-order valence-corrected chi connectivity index (χ2v) is 6.33. The van der Waals surface area contributed by atoms with Gasteiger partial charge in [0.2, 0.25) is 0 Å². The summed E-state index contributed by atoms with van der Waals surface area (Å²) in [6.07, 6.45) is 0.826. The average molecular weight is 437 g/mol. The van der Waals surface area contributed by atoms with Gasteiger partial charge in [-0.05, 0) is 50.1 Å². The van der Waals surface area contributed by atoms with Crippen molar-refractivity contribution in [2.24, 2.45) is 0 Å². The van der Waals surface area contributed by atoms with Crippen molar-refractivity contribution in [3.63, 3.8) is 0 Å². The van der Waals surface area contributed by atoms with Crippen LogP contribution in [0, 0.1) is 17.0 Å². The van der Waals surface area contributed by atoms with Gasteiger partial charge in [-0.15, -0.1) is 22.7 Å². The van der Waals surface area contributed by atoms with E-state index in [1.54, 1.807) is 0 Å². The molecule has 0 heterocycles. The summed E-state index contributed by atoms with van der Waals surface area (Å²) in [7, 11) is 1.37. The number of methoxy groups -OCH3 is 1. The van der Waals surface area contributed by atoms with Crippen molar-refractivity contribution in [1.29, 1.82) is 0 Å². The molecular weight excluding hydrogens is 414 g/mol. The first kappa shape index (κ1) is 24.8. The molecule has 0 unspecified atom stereocenters. The van der Waals surface area contributed by atoms with Crippen LogP contribution in [0.3, 0.4) is 0 Å². The quantitative estimate of drug-likeness (QED) is 0.150. The van der Waals surface area contributed by atoms with Gasteiger partial charge in [0.1, 0.15) is 0 Å². The number of rotatable bonds is 10. The van der Waals surface area contributed by atoms with Gasteiger partial charge in [-0.2, -0.15) is 0 Å². The van der Waals surface area contributed by atoms with E-state index in [0.29, 0.717) is 12.8 Å². The molecule has 0 radical (unpaired) electrons. The number of ether oxygens (including phenoxy) is 3. The van der Waals surface area contributed by atoms with Crippen LogP contribution in [0.4, 0.5) is 0 Å². The van der Waals surface area contributed by atoms with Crippen LogP contribution in [0.1, 0.15) is 28.8 Å². The molecule has 30 heavy (non-hydrogen) atoms. The highest BCUT2D eigenvalue weighted by atomic mass is 32.1. The molecule has 0 spiro atoms. The van der Waals surface area contributed by atoms with Crippen molar-refractivity contribution in [3.05, 3.63) is 63.7 Å². The van der Waals surface area contributed by atoms with E-state index in [-0.39, 0.29) is 36.7 Å². The first-order chi connectivity index (χ1) is 14.4. The molecule has 0 atom stereocenters. The minimum Gasteiger partial charge on any atom is -0.493 e. The molecule has 0 amide bonds. The number of unbranched alkanes of at least 4 members (excludes halogenated alkanes) is 1. The van der Waals surface area contributed by atoms with Crippen LogP contribution in [0.15, 0.2) is 47.4 Å². The Morgan fingerprint density at radius 3 is 2.33 bits per heavy atom. The Bertz CT molecular complexity index is 805. The third-order valence-electron chi connectivity index (χ3n) is 3.58. The zero-order valence-electron chi connectivity index (χ0n) is 16.6. The van der Waals surface area contributed by atoms with Crippen LogP contribution < -0.4 is 9.47 Å². The Balaban J connectivity index is 0.000000467. The SMILES string of the molecule is COc1cc(C(=O)OCCCCO[N+](=O)[O-])ccc1OC=O.Cc1ccc(S)cc1. The van der Waals surface area contributed by atoms with E-state index in [2.05, 4.69) is 29.1 Å². The Morgan fingerprint density at radius 2 is 1.77 bits per heavy atom. The minimum absolute atomic E-state index is 0.0455. The number of nitrogens with zero attached hydrogens (tertiary/aromatic N) is 1. The van der Waals surface area contributed by atoms with Crippen LogP contribution in [0.5, 0.6) is 11.5 Å². The van der Waals surface area contributed by atoms with Crippen molar-refractivity contribution in [1.82, 2.24) is 0 Å². The molecule has 0 aliphatic carbocycles. The topological polar surface area (TPSA) is 114 Å². The highest BCUT2D eigenvalue weighted by molar-refractivity contribution is 7.80. The van der Waals surface area contributed by atoms with E-state index < -0.39 is 11.1 Å². The number of carbonyl (C=O) groups is 2. The maximum atomic E-state index is 11.8. The Morgan fingerprint density at radius 1 is 1.10 bits per heavy atom. The van der Waals surface area contributed by atoms with Crippen LogP contribution in [0.25, 0.3) is 0 Å². The fourth-order valence-electron chi connectivity index (χ4n) is 2.08. The maximum absolute atomic E-state index is 11.8. The number of aryl methyl sites for hydroxylation is 1. The van der Waals surface area contributed by atoms with E-state index >= 15 is 0 Å². The third kappa shape index (κ3) is 9.78. The Hall–Kier alpha value is -3.27. The highest BCUT2D eigenvalue weighted by Gasteiger charge is 2.12. The Labute approximate surface area is 179 Å². The molecule has 162 valence electrons. The van der Waals surface area contributed by atoms with Gasteiger partial charge in [0.15, 0.2) is 11.5 Å². The monoisotopic (exact) mass is 437 g/mol. The van der Waals surface area contributed by atoms with Gasteiger partial charge in [0.05, 0.1) is 25.9 Å². The summed E-state index contributed by atoms with van der Waals surface area (Å²) >= 11 is 4.13. The van der Waals surface area contributed by atoms with E-state index in [1.807, 2.05) is 24.3 Å². The van der Waals surface area contributed by atoms with E-state index in [0.717, 1.165) is 4.90 Å². The number of carbonyl (C=O) groups excluding carboxylic acids is 2. The molecule has 0 bridgehead atoms. The van der Waals surface area contributed by atoms with Crippen molar-refractivity contribution < 1.29 is 33.7 Å². The van der Waals surface area contributed by atoms with Gasteiger partial charge in [-0.25, -0.2) is 4.79 Å². The smallest absolute Gasteiger partial charge is 0.338 e. The normalized spacial score (nSPS) is 9.57. The van der Waals surface area contributed by atoms with Crippen LogP contribution in [-0.4, -0.2) is 37.9 Å². The van der Waals surface area contributed by atoms with Crippen LogP contribution >= 0.6 is 12.6 Å². The number of hydrogen-bond donors (Lipinski definition) is 1. The first-order valence-electron chi connectivity index (χ1n) is 8.85. The molecule has 9 nitrogen and oxygen atoms in total. The lowest BCUT2D eigenvalue weighted by molar-refractivity contribution is -0.757. The fourth-order valence-corrected chi connectivity index (χ4v) is 2.23. The molecule has 2 aromatic carbocycles. The van der Waals surface area contributed by atoms with Gasteiger partial charge >= 0.3 is 5.97 Å². The number of hydrogen-bond acceptors (Lipinski definition) is 9. The second kappa shape index (κ2) is 13.8. The standard InChI is InChI=1S/C13H15NO8.C7H8S/c1-19-12-8-10(4-5-11(12)21-9-15)13(16)20-6-2-3-7-22-14(17)18;1-6-2-4-7(8)5-3-6/h4-5,8-9H,2-3,6-7H2,1H3;2-5,8H,1H3. The summed E-state index contributed by atoms with van der Waals surface area (Å²) < 4.78 is 14.7. The predicted molar refractivity (Wildman–Crippen MR) is 111 cm³/mol. The summed E-state index contributed by atoms with van der Waals surface area (Å²) in [5.74, 6) is -0.168. The number of benzene rings is 2. The summed E-state index contributed by atoms with van der Waals surface area (Å²) in [6.45, 7) is 2.38. The highest BCUT2D eigenvalue weighted by Crippen LogP contribution is 2.27. The zero-order valence-corrected chi connectivity index (χ0v) is 17.5. The minimum atomic E-state index is -0.874. The predicted octanol–water partition coefficient (Wildman–Crippen LogP) is 3.66. The molecule has 0 aliphatic rings. The fraction of sp³-hybridized carbons (Fsp3) is 0.300. The molecule has 2 aromatic rings. The molecule has 0 aromatic heterocycles. The van der Waals surface area contributed by atoms with Gasteiger partial charge in [0, 0.05) is 4.90 Å². The lowest BCUT2D eigenvalue weighted by Gasteiger charge is -2.09. The van der Waals surface area contributed by atoms with Crippen LogP contribution in [-0.2, 0) is 14.4 Å². The molecule has 0 saturated carbocycles. The lowest BCUT2D eigenvalue weighted by Crippen LogP contribution is -2.08. The van der Waals surface area contributed by atoms with Gasteiger partial charge in [-0.1, -0.05) is 17.7 Å². The molecular formula is C20H23NO8S. The summed E-state index contributed by atoms with van der Waals surface area (Å²) in [5.41, 5.74) is 1.51. The average Bonchev–Trinajstić information content (AvgIpc) is 2.73. The van der Waals surface area contributed by atoms with Gasteiger partial charge in [-0.3, -0.25) is 4.79 Å². The van der Waals surface area contributed by atoms with E-state index in [1.165, 1.54) is 30.9 Å². The van der Waals surface area contributed by atoms with Crippen molar-refractivity contribution in [2.45, 2.75) is 24.7 Å². The second-order valence-electron chi connectivity index (χ2n) is 5.82. The largest absolute Gasteiger partial charge is 0.493 e. The lowest BCUT2D eigenvalue weighted by atomic mass is 10.2. The van der Waals surface area contributed by atoms with Gasteiger partial charge in [0.25, 0.3) is 11.6 Å². The summed E-state index contributed by atoms with van der Waals surface area (Å²) in [5, 5.41) is 9.04. The zero-order chi connectivity index (χ0) is 22.4. The van der Waals surface area contributed by atoms with Crippen molar-refractivity contribution >= 4 is 25.1 Å². The third-order valence-corrected chi connectivity index (χ3v) is 3.88. The van der Waals surface area contributed by atoms with E-state index in [4.69, 9.17) is 9.47 Å². The molecule has 10 heteroatoms. The maximum Gasteiger partial charge on any atom is 0.338 e. The van der Waals surface area contributed by atoms with Gasteiger partial charge < -0.3 is 19.0 Å². The van der Waals surface area contributed by atoms with Crippen LogP contribution in [0.2, 0.25) is 0 Å². The van der Waals surface area contributed by atoms with E-state index in [9.17, 15) is 19.7 Å². The molecule has 0 aliphatic heterocycles. The Kier molecular flexibility index (Phi) is 11.4. The summed E-state index contributed by atoms with van der Waals surface area (Å²) in [4.78, 5) is 37.2. The first-order valence-corrected chi connectivity index (χ1v) is 9.30. The molecule has 0 saturated heterocycles.